The van der Waals surface area contributed by atoms with E-state index in [0.717, 1.165) is 11.6 Å². The number of carboxylic acid groups (broad SMARTS) is 2. The Hall–Kier alpha value is -2.44. The molecule has 0 atom stereocenters. The van der Waals surface area contributed by atoms with Gasteiger partial charge in [0, 0.05) is 0 Å². The fraction of sp³-hybridized carbons (Fsp3) is 0.200. The minimum absolute atomic E-state index is 0.361. The first-order chi connectivity index (χ1) is 7.98. The van der Waals surface area contributed by atoms with E-state index in [0.29, 0.717) is 11.0 Å². The van der Waals surface area contributed by atoms with Gasteiger partial charge in [-0.05, 0) is 19.1 Å². The molecule has 0 amide bonds. The maximum absolute atomic E-state index is 11.1. The number of aromatic nitrogens is 3. The van der Waals surface area contributed by atoms with Gasteiger partial charge < -0.3 is 10.2 Å². The van der Waals surface area contributed by atoms with E-state index in [1.54, 1.807) is 24.3 Å². The average molecular weight is 235 g/mol. The third kappa shape index (κ3) is 1.43. The van der Waals surface area contributed by atoms with Crippen LogP contribution in [0.25, 0.3) is 11.0 Å². The number of hydrogen-bond donors (Lipinski definition) is 2. The standard InChI is InChI=1S/C10H9N3O4/c1-10(8(14)15,9(16)17)13-7-5-3-2-4-6(7)11-12-13/h2-5H,1H3,(H,14,15)(H,16,17). The van der Waals surface area contributed by atoms with Gasteiger partial charge in [-0.25, -0.2) is 14.3 Å². The van der Waals surface area contributed by atoms with Gasteiger partial charge in [0.2, 0.25) is 0 Å². The smallest absolute Gasteiger partial charge is 0.343 e. The summed E-state index contributed by atoms with van der Waals surface area (Å²) in [5.41, 5.74) is -1.36. The number of para-hydroxylation sites is 1. The summed E-state index contributed by atoms with van der Waals surface area (Å²) in [5.74, 6) is -3.00. The van der Waals surface area contributed by atoms with Crippen molar-refractivity contribution in [2.45, 2.75) is 12.5 Å². The highest BCUT2D eigenvalue weighted by molar-refractivity contribution is 6.01. The lowest BCUT2D eigenvalue weighted by atomic mass is 10.0. The van der Waals surface area contributed by atoms with Crippen molar-refractivity contribution >= 4 is 23.0 Å². The monoisotopic (exact) mass is 235 g/mol. The van der Waals surface area contributed by atoms with Gasteiger partial charge in [0.1, 0.15) is 5.52 Å². The Kier molecular flexibility index (Phi) is 2.31. The van der Waals surface area contributed by atoms with Crippen LogP contribution in [0, 0.1) is 0 Å². The fourth-order valence-electron chi connectivity index (χ4n) is 1.47. The maximum atomic E-state index is 11.1. The summed E-state index contributed by atoms with van der Waals surface area (Å²) >= 11 is 0. The van der Waals surface area contributed by atoms with Crippen LogP contribution in [-0.2, 0) is 15.1 Å². The first-order valence-electron chi connectivity index (χ1n) is 4.75. The van der Waals surface area contributed by atoms with Crippen LogP contribution in [-0.4, -0.2) is 37.1 Å². The minimum atomic E-state index is -2.17. The second kappa shape index (κ2) is 3.55. The summed E-state index contributed by atoms with van der Waals surface area (Å²) in [6.07, 6.45) is 0. The first-order valence-corrected chi connectivity index (χ1v) is 4.75. The van der Waals surface area contributed by atoms with E-state index in [4.69, 9.17) is 10.2 Å². The highest BCUT2D eigenvalue weighted by Crippen LogP contribution is 2.21. The molecule has 0 aliphatic rings. The van der Waals surface area contributed by atoms with Crippen LogP contribution in [0.1, 0.15) is 6.92 Å². The van der Waals surface area contributed by atoms with Crippen molar-refractivity contribution in [3.8, 4) is 0 Å². The summed E-state index contributed by atoms with van der Waals surface area (Å²) < 4.78 is 0.896. The van der Waals surface area contributed by atoms with Gasteiger partial charge in [0.25, 0.3) is 5.54 Å². The average Bonchev–Trinajstić information content (AvgIpc) is 2.71. The molecule has 1 heterocycles. The molecule has 0 aliphatic carbocycles. The number of hydrogen-bond acceptors (Lipinski definition) is 4. The van der Waals surface area contributed by atoms with Gasteiger partial charge in [-0.3, -0.25) is 0 Å². The van der Waals surface area contributed by atoms with Gasteiger partial charge in [0.15, 0.2) is 0 Å². The largest absolute Gasteiger partial charge is 0.479 e. The zero-order valence-electron chi connectivity index (χ0n) is 8.86. The van der Waals surface area contributed by atoms with Crippen LogP contribution in [0.4, 0.5) is 0 Å². The number of benzene rings is 1. The fourth-order valence-corrected chi connectivity index (χ4v) is 1.47. The van der Waals surface area contributed by atoms with E-state index in [-0.39, 0.29) is 0 Å². The lowest BCUT2D eigenvalue weighted by Gasteiger charge is -2.20. The molecular weight excluding hydrogens is 226 g/mol. The molecule has 7 heteroatoms. The molecule has 0 radical (unpaired) electrons. The van der Waals surface area contributed by atoms with E-state index < -0.39 is 17.5 Å². The van der Waals surface area contributed by atoms with E-state index in [9.17, 15) is 9.59 Å². The summed E-state index contributed by atoms with van der Waals surface area (Å²) in [6, 6.07) is 6.56. The Morgan fingerprint density at radius 1 is 1.24 bits per heavy atom. The van der Waals surface area contributed by atoms with Crippen LogP contribution in [0.5, 0.6) is 0 Å². The molecular formula is C10H9N3O4. The van der Waals surface area contributed by atoms with Gasteiger partial charge >= 0.3 is 11.9 Å². The zero-order valence-corrected chi connectivity index (χ0v) is 8.86. The Labute approximate surface area is 95.3 Å². The zero-order chi connectivity index (χ0) is 12.6. The molecule has 0 saturated heterocycles. The van der Waals surface area contributed by atoms with Gasteiger partial charge in [0.05, 0.1) is 5.52 Å². The normalized spacial score (nSPS) is 11.6. The number of nitrogens with zero attached hydrogens (tertiary/aromatic N) is 3. The quantitative estimate of drug-likeness (QED) is 0.742. The van der Waals surface area contributed by atoms with Gasteiger partial charge in [-0.2, -0.15) is 0 Å². The predicted molar refractivity (Wildman–Crippen MR) is 56.4 cm³/mol. The van der Waals surface area contributed by atoms with Crippen molar-refractivity contribution in [3.63, 3.8) is 0 Å². The van der Waals surface area contributed by atoms with Crippen LogP contribution < -0.4 is 0 Å². The van der Waals surface area contributed by atoms with Gasteiger partial charge in [-0.15, -0.1) is 5.10 Å². The Morgan fingerprint density at radius 3 is 2.41 bits per heavy atom. The summed E-state index contributed by atoms with van der Waals surface area (Å²) in [5, 5.41) is 25.5. The minimum Gasteiger partial charge on any atom is -0.479 e. The lowest BCUT2D eigenvalue weighted by molar-refractivity contribution is -0.162. The molecule has 17 heavy (non-hydrogen) atoms. The number of rotatable bonds is 3. The molecule has 0 saturated carbocycles. The van der Waals surface area contributed by atoms with E-state index in [1.807, 2.05) is 0 Å². The third-order valence-corrected chi connectivity index (χ3v) is 2.61. The number of fused-ring (bicyclic) bond motifs is 1. The van der Waals surface area contributed by atoms with E-state index >= 15 is 0 Å². The maximum Gasteiger partial charge on any atom is 0.343 e. The van der Waals surface area contributed by atoms with Crippen LogP contribution >= 0.6 is 0 Å². The van der Waals surface area contributed by atoms with Crippen molar-refractivity contribution in [1.82, 2.24) is 15.0 Å². The number of carbonyl (C=O) groups is 2. The molecule has 0 aliphatic heterocycles. The van der Waals surface area contributed by atoms with Crippen molar-refractivity contribution in [1.29, 1.82) is 0 Å². The number of carboxylic acids is 2. The summed E-state index contributed by atoms with van der Waals surface area (Å²) in [4.78, 5) is 22.3. The molecule has 0 bridgehead atoms. The number of aliphatic carboxylic acids is 2. The summed E-state index contributed by atoms with van der Waals surface area (Å²) in [6.45, 7) is 1.07. The van der Waals surface area contributed by atoms with Crippen LogP contribution in [0.2, 0.25) is 0 Å². The third-order valence-electron chi connectivity index (χ3n) is 2.61. The second-order valence-corrected chi connectivity index (χ2v) is 3.67. The molecule has 0 fully saturated rings. The molecule has 88 valence electrons. The van der Waals surface area contributed by atoms with E-state index in [1.165, 1.54) is 0 Å². The van der Waals surface area contributed by atoms with Crippen molar-refractivity contribution < 1.29 is 19.8 Å². The highest BCUT2D eigenvalue weighted by atomic mass is 16.4. The first kappa shape index (κ1) is 11.1. The second-order valence-electron chi connectivity index (χ2n) is 3.67. The molecule has 1 aromatic carbocycles. The molecule has 2 aromatic rings. The van der Waals surface area contributed by atoms with E-state index in [2.05, 4.69) is 10.3 Å². The van der Waals surface area contributed by atoms with Crippen molar-refractivity contribution in [2.75, 3.05) is 0 Å². The van der Waals surface area contributed by atoms with Crippen LogP contribution in [0.15, 0.2) is 24.3 Å². The molecule has 0 unspecified atom stereocenters. The van der Waals surface area contributed by atoms with Crippen molar-refractivity contribution in [2.24, 2.45) is 0 Å². The Balaban J connectivity index is 2.74. The Morgan fingerprint density at radius 2 is 1.82 bits per heavy atom. The topological polar surface area (TPSA) is 105 Å². The highest BCUT2D eigenvalue weighted by Gasteiger charge is 2.45. The molecule has 2 rings (SSSR count). The molecule has 7 nitrogen and oxygen atoms in total. The lowest BCUT2D eigenvalue weighted by Crippen LogP contribution is -2.47. The predicted octanol–water partition coefficient (Wildman–Crippen LogP) is 0.316. The van der Waals surface area contributed by atoms with Gasteiger partial charge in [-0.1, -0.05) is 17.3 Å². The summed E-state index contributed by atoms with van der Waals surface area (Å²) in [7, 11) is 0. The Bertz CT molecular complexity index is 590. The molecule has 1 aromatic heterocycles. The van der Waals surface area contributed by atoms with Crippen LogP contribution in [0.3, 0.4) is 0 Å². The molecule has 0 spiro atoms. The molecule has 2 N–H and O–H groups in total. The SMILES string of the molecule is CC(C(=O)O)(C(=O)O)n1nnc2ccccc21. The van der Waals surface area contributed by atoms with Crippen molar-refractivity contribution in [3.05, 3.63) is 24.3 Å².